The zero-order valence-electron chi connectivity index (χ0n) is 21.2. The topological polar surface area (TPSA) is 189 Å². The van der Waals surface area contributed by atoms with E-state index in [0.717, 1.165) is 0 Å². The van der Waals surface area contributed by atoms with Crippen molar-refractivity contribution < 1.29 is 49.3 Å². The first kappa shape index (κ1) is 26.5. The number of ether oxygens (including phenoxy) is 3. The Labute approximate surface area is 218 Å². The molecule has 1 fully saturated rings. The average molecular weight is 530 g/mol. The Morgan fingerprint density at radius 3 is 2.45 bits per heavy atom. The molecule has 7 atom stereocenters. The summed E-state index contributed by atoms with van der Waals surface area (Å²) >= 11 is 0. The summed E-state index contributed by atoms with van der Waals surface area (Å²) < 4.78 is 17.1. The number of aromatic hydroxyl groups is 2. The number of hydrogen-bond acceptors (Lipinski definition) is 11. The van der Waals surface area contributed by atoms with Gasteiger partial charge in [0, 0.05) is 42.0 Å². The highest BCUT2D eigenvalue weighted by Gasteiger charge is 2.49. The smallest absolute Gasteiger partial charge is 0.202 e. The Morgan fingerprint density at radius 1 is 1.13 bits per heavy atom. The van der Waals surface area contributed by atoms with Crippen LogP contribution in [0.5, 0.6) is 17.2 Å². The van der Waals surface area contributed by atoms with Gasteiger partial charge in [-0.25, -0.2) is 0 Å². The molecule has 11 heteroatoms. The number of phenols is 2. The predicted molar refractivity (Wildman–Crippen MR) is 131 cm³/mol. The molecule has 1 heterocycles. The van der Waals surface area contributed by atoms with Gasteiger partial charge in [-0.2, -0.15) is 0 Å². The molecule has 0 bridgehead atoms. The molecule has 0 spiro atoms. The van der Waals surface area contributed by atoms with E-state index in [0.29, 0.717) is 0 Å². The number of hydrogen-bond donors (Lipinski definition) is 6. The van der Waals surface area contributed by atoms with Gasteiger partial charge in [0.15, 0.2) is 12.1 Å². The fourth-order valence-corrected chi connectivity index (χ4v) is 5.74. The SMILES string of the molecule is COc1cccc2c1C(=O)c1c(O)c3c(c(O)c1C2=O)C[C@@](O)(C(C)O)C[C@H]3O[C@H]1C[C@@H](N)[C@@H](O)[C@H](C)O1. The van der Waals surface area contributed by atoms with Gasteiger partial charge in [-0.3, -0.25) is 9.59 Å². The normalized spacial score (nSPS) is 31.3. The number of carbonyl (C=O) groups excluding carboxylic acids is 2. The summed E-state index contributed by atoms with van der Waals surface area (Å²) in [6.45, 7) is 3.00. The Balaban J connectivity index is 1.68. The van der Waals surface area contributed by atoms with Crippen molar-refractivity contribution in [1.29, 1.82) is 0 Å². The molecule has 1 saturated heterocycles. The number of phenolic OH excluding ortho intramolecular Hbond substituents is 2. The monoisotopic (exact) mass is 529 g/mol. The minimum absolute atomic E-state index is 0.00187. The fourth-order valence-electron chi connectivity index (χ4n) is 5.74. The summed E-state index contributed by atoms with van der Waals surface area (Å²) in [6, 6.07) is 3.80. The van der Waals surface area contributed by atoms with Gasteiger partial charge in [-0.1, -0.05) is 12.1 Å². The molecule has 5 rings (SSSR count). The zero-order valence-corrected chi connectivity index (χ0v) is 21.2. The Kier molecular flexibility index (Phi) is 6.49. The quantitative estimate of drug-likeness (QED) is 0.263. The molecule has 0 radical (unpaired) electrons. The van der Waals surface area contributed by atoms with E-state index in [2.05, 4.69) is 0 Å². The number of rotatable bonds is 4. The van der Waals surface area contributed by atoms with E-state index in [1.165, 1.54) is 32.2 Å². The van der Waals surface area contributed by atoms with E-state index in [1.807, 2.05) is 0 Å². The Morgan fingerprint density at radius 2 is 1.82 bits per heavy atom. The minimum Gasteiger partial charge on any atom is -0.507 e. The van der Waals surface area contributed by atoms with Gasteiger partial charge in [-0.05, 0) is 19.9 Å². The molecule has 0 amide bonds. The number of aliphatic hydroxyl groups excluding tert-OH is 2. The molecule has 38 heavy (non-hydrogen) atoms. The third-order valence-corrected chi connectivity index (χ3v) is 7.95. The highest BCUT2D eigenvalue weighted by molar-refractivity contribution is 6.31. The molecule has 3 aliphatic rings. The average Bonchev–Trinajstić information content (AvgIpc) is 2.87. The molecule has 0 saturated carbocycles. The van der Waals surface area contributed by atoms with E-state index in [1.54, 1.807) is 6.92 Å². The van der Waals surface area contributed by atoms with Crippen LogP contribution >= 0.6 is 0 Å². The molecule has 0 aromatic heterocycles. The molecule has 204 valence electrons. The first-order valence-corrected chi connectivity index (χ1v) is 12.4. The molecule has 2 aromatic rings. The first-order chi connectivity index (χ1) is 17.9. The highest BCUT2D eigenvalue weighted by Crippen LogP contribution is 2.52. The van der Waals surface area contributed by atoms with Crippen molar-refractivity contribution in [3.63, 3.8) is 0 Å². The molecule has 7 N–H and O–H groups in total. The maximum absolute atomic E-state index is 13.6. The summed E-state index contributed by atoms with van der Waals surface area (Å²) in [4.78, 5) is 27.1. The maximum atomic E-state index is 13.6. The van der Waals surface area contributed by atoms with Crippen LogP contribution in [0.2, 0.25) is 0 Å². The van der Waals surface area contributed by atoms with Gasteiger partial charge >= 0.3 is 0 Å². The van der Waals surface area contributed by atoms with Gasteiger partial charge in [0.2, 0.25) is 5.78 Å². The fraction of sp³-hybridized carbons (Fsp3) is 0.481. The third-order valence-electron chi connectivity index (χ3n) is 7.95. The molecule has 2 aromatic carbocycles. The van der Waals surface area contributed by atoms with Crippen LogP contribution in [0.1, 0.15) is 75.8 Å². The van der Waals surface area contributed by atoms with Gasteiger partial charge in [0.1, 0.15) is 17.2 Å². The Bertz CT molecular complexity index is 1310. The molecule has 1 aliphatic heterocycles. The van der Waals surface area contributed by atoms with E-state index < -0.39 is 76.5 Å². The number of carbonyl (C=O) groups is 2. The van der Waals surface area contributed by atoms with E-state index in [9.17, 15) is 35.1 Å². The maximum Gasteiger partial charge on any atom is 0.202 e. The third kappa shape index (κ3) is 3.89. The summed E-state index contributed by atoms with van der Waals surface area (Å²) in [5.74, 6) is -2.44. The first-order valence-electron chi connectivity index (χ1n) is 12.4. The van der Waals surface area contributed by atoms with E-state index in [4.69, 9.17) is 19.9 Å². The van der Waals surface area contributed by atoms with Crippen LogP contribution in [0.4, 0.5) is 0 Å². The minimum atomic E-state index is -1.80. The number of methoxy groups -OCH3 is 1. The van der Waals surface area contributed by atoms with Crippen molar-refractivity contribution in [3.8, 4) is 17.2 Å². The zero-order chi connectivity index (χ0) is 27.7. The van der Waals surface area contributed by atoms with Crippen molar-refractivity contribution in [2.75, 3.05) is 7.11 Å². The molecule has 11 nitrogen and oxygen atoms in total. The molecular formula is C27H31NO10. The van der Waals surface area contributed by atoms with Crippen LogP contribution in [0.25, 0.3) is 0 Å². The lowest BCUT2D eigenvalue weighted by molar-refractivity contribution is -0.250. The number of fused-ring (bicyclic) bond motifs is 3. The van der Waals surface area contributed by atoms with Gasteiger partial charge in [-0.15, -0.1) is 0 Å². The standard InChI is InChI=1S/C27H31NO10/c1-10-22(30)14(28)7-17(37-10)38-16-9-27(35,11(2)29)8-13-19(16)26(34)21-20(24(13)32)23(31)12-5-4-6-15(36-3)18(12)25(21)33/h4-6,10-11,14,16-17,22,29-30,32,34-35H,7-9,28H2,1-3H3/t10-,11?,14+,16+,17-,22-,27-/m0/s1. The lowest BCUT2D eigenvalue weighted by atomic mass is 9.71. The van der Waals surface area contributed by atoms with Crippen LogP contribution < -0.4 is 10.5 Å². The van der Waals surface area contributed by atoms with Gasteiger partial charge in [0.25, 0.3) is 0 Å². The predicted octanol–water partition coefficient (Wildman–Crippen LogP) is 0.821. The van der Waals surface area contributed by atoms with Crippen molar-refractivity contribution >= 4 is 11.6 Å². The number of nitrogens with two attached hydrogens (primary N) is 1. The number of benzene rings is 2. The summed E-state index contributed by atoms with van der Waals surface area (Å²) in [7, 11) is 1.35. The molecule has 2 aliphatic carbocycles. The van der Waals surface area contributed by atoms with Crippen molar-refractivity contribution in [2.24, 2.45) is 5.73 Å². The number of aliphatic hydroxyl groups is 3. The summed E-state index contributed by atoms with van der Waals surface area (Å²) in [5.41, 5.74) is 3.37. The van der Waals surface area contributed by atoms with Crippen LogP contribution in [0.3, 0.4) is 0 Å². The number of ketones is 2. The van der Waals surface area contributed by atoms with Crippen LogP contribution in [-0.2, 0) is 15.9 Å². The largest absolute Gasteiger partial charge is 0.507 e. The second-order valence-electron chi connectivity index (χ2n) is 10.3. The molecule has 1 unspecified atom stereocenters. The molecular weight excluding hydrogens is 498 g/mol. The second kappa shape index (κ2) is 9.30. The van der Waals surface area contributed by atoms with E-state index >= 15 is 0 Å². The van der Waals surface area contributed by atoms with Gasteiger partial charge in [0.05, 0.1) is 53.8 Å². The van der Waals surface area contributed by atoms with Crippen molar-refractivity contribution in [2.45, 2.75) is 75.5 Å². The van der Waals surface area contributed by atoms with Crippen LogP contribution in [0.15, 0.2) is 18.2 Å². The van der Waals surface area contributed by atoms with Crippen LogP contribution in [0, 0.1) is 0 Å². The van der Waals surface area contributed by atoms with Crippen LogP contribution in [-0.4, -0.2) is 80.5 Å². The van der Waals surface area contributed by atoms with Crippen molar-refractivity contribution in [1.82, 2.24) is 0 Å². The highest BCUT2D eigenvalue weighted by atomic mass is 16.7. The lowest BCUT2D eigenvalue weighted by Crippen LogP contribution is -2.53. The van der Waals surface area contributed by atoms with E-state index in [-0.39, 0.29) is 47.3 Å². The summed E-state index contributed by atoms with van der Waals surface area (Å²) in [5, 5.41) is 54.7. The Hall–Kier alpha value is -3.06. The van der Waals surface area contributed by atoms with Crippen molar-refractivity contribution in [3.05, 3.63) is 51.6 Å². The second-order valence-corrected chi connectivity index (χ2v) is 10.3. The summed E-state index contributed by atoms with van der Waals surface area (Å²) in [6.07, 6.45) is -5.47. The van der Waals surface area contributed by atoms with Gasteiger partial charge < -0.3 is 45.5 Å². The lowest BCUT2D eigenvalue weighted by Gasteiger charge is -2.43.